The number of hydrogen-bond donors (Lipinski definition) is 1. The minimum atomic E-state index is -2.72. The first kappa shape index (κ1) is 22.4. The van der Waals surface area contributed by atoms with Crippen molar-refractivity contribution < 1.29 is 18.3 Å². The van der Waals surface area contributed by atoms with E-state index in [-0.39, 0.29) is 17.5 Å². The predicted molar refractivity (Wildman–Crippen MR) is 113 cm³/mol. The van der Waals surface area contributed by atoms with Crippen LogP contribution in [0.5, 0.6) is 0 Å². The van der Waals surface area contributed by atoms with Crippen LogP contribution in [0.15, 0.2) is 27.7 Å². The van der Waals surface area contributed by atoms with Crippen LogP contribution in [-0.4, -0.2) is 43.5 Å². The van der Waals surface area contributed by atoms with Crippen LogP contribution in [0.1, 0.15) is 56.7 Å². The molecule has 0 heterocycles. The Morgan fingerprint density at radius 2 is 2.03 bits per heavy atom. The lowest BCUT2D eigenvalue weighted by atomic mass is 9.68. The van der Waals surface area contributed by atoms with Gasteiger partial charge in [-0.2, -0.15) is 8.78 Å². The molecule has 1 saturated carbocycles. The van der Waals surface area contributed by atoms with Gasteiger partial charge < -0.3 is 20.1 Å². The van der Waals surface area contributed by atoms with Gasteiger partial charge in [-0.1, -0.05) is 22.0 Å². The molecule has 0 bridgehead atoms. The number of fused-ring (bicyclic) bond motifs is 1. The largest absolute Gasteiger partial charge is 0.370 e. The Morgan fingerprint density at radius 3 is 2.62 bits per heavy atom. The van der Waals surface area contributed by atoms with E-state index in [0.29, 0.717) is 25.5 Å². The normalized spacial score (nSPS) is 27.1. The lowest BCUT2D eigenvalue weighted by Crippen LogP contribution is -2.44. The third-order valence-corrected chi connectivity index (χ3v) is 6.69. The summed E-state index contributed by atoms with van der Waals surface area (Å²) in [6.07, 6.45) is 3.27. The predicted octanol–water partition coefficient (Wildman–Crippen LogP) is 4.84. The molecule has 5 nitrogen and oxygen atoms in total. The van der Waals surface area contributed by atoms with E-state index in [1.165, 1.54) is 5.56 Å². The van der Waals surface area contributed by atoms with E-state index in [9.17, 15) is 8.78 Å². The minimum absolute atomic E-state index is 0.111. The van der Waals surface area contributed by atoms with Gasteiger partial charge in [0, 0.05) is 23.0 Å². The molecule has 29 heavy (non-hydrogen) atoms. The van der Waals surface area contributed by atoms with Crippen molar-refractivity contribution in [2.75, 3.05) is 13.8 Å². The molecule has 1 atom stereocenters. The Labute approximate surface area is 179 Å². The van der Waals surface area contributed by atoms with Crippen molar-refractivity contribution in [2.45, 2.75) is 70.8 Å². The second-order valence-electron chi connectivity index (χ2n) is 8.35. The molecule has 0 aromatic heterocycles. The highest BCUT2D eigenvalue weighted by atomic mass is 79.9. The van der Waals surface area contributed by atoms with Crippen molar-refractivity contribution in [3.05, 3.63) is 33.8 Å². The number of benzene rings is 1. The maximum Gasteiger partial charge on any atom is 0.345 e. The molecule has 1 aromatic rings. The third kappa shape index (κ3) is 4.91. The first-order valence-electron chi connectivity index (χ1n) is 10.1. The van der Waals surface area contributed by atoms with Crippen LogP contribution in [0, 0.1) is 5.41 Å². The number of halogens is 3. The number of alkyl halides is 2. The number of hydrogen-bond acceptors (Lipinski definition) is 3. The summed E-state index contributed by atoms with van der Waals surface area (Å²) in [6.45, 7) is 1.73. The molecule has 1 spiro atoms. The second-order valence-corrected chi connectivity index (χ2v) is 9.27. The fourth-order valence-corrected chi connectivity index (χ4v) is 5.10. The van der Waals surface area contributed by atoms with Gasteiger partial charge >= 0.3 is 6.61 Å². The molecular formula is C21H30BrF2N3O2. The summed E-state index contributed by atoms with van der Waals surface area (Å²) < 4.78 is 36.4. The van der Waals surface area contributed by atoms with E-state index in [4.69, 9.17) is 20.2 Å². The number of guanidine groups is 1. The van der Waals surface area contributed by atoms with Crippen LogP contribution in [0.4, 0.5) is 8.78 Å². The quantitative estimate of drug-likeness (QED) is 0.364. The van der Waals surface area contributed by atoms with Gasteiger partial charge in [-0.3, -0.25) is 0 Å². The summed E-state index contributed by atoms with van der Waals surface area (Å²) in [6, 6.07) is 6.32. The molecule has 8 heteroatoms. The molecule has 0 radical (unpaired) electrons. The van der Waals surface area contributed by atoms with E-state index in [2.05, 4.69) is 28.1 Å². The van der Waals surface area contributed by atoms with Gasteiger partial charge in [0.25, 0.3) is 0 Å². The summed E-state index contributed by atoms with van der Waals surface area (Å²) in [5, 5.41) is 0. The van der Waals surface area contributed by atoms with Gasteiger partial charge in [-0.05, 0) is 69.2 Å². The van der Waals surface area contributed by atoms with Crippen molar-refractivity contribution in [3.8, 4) is 0 Å². The smallest absolute Gasteiger partial charge is 0.345 e. The third-order valence-electron chi connectivity index (χ3n) is 6.20. The van der Waals surface area contributed by atoms with Crippen LogP contribution in [0.25, 0.3) is 0 Å². The zero-order valence-corrected chi connectivity index (χ0v) is 18.8. The van der Waals surface area contributed by atoms with E-state index in [1.807, 2.05) is 24.8 Å². The topological polar surface area (TPSA) is 60.1 Å². The van der Waals surface area contributed by atoms with Crippen LogP contribution >= 0.6 is 15.9 Å². The average molecular weight is 474 g/mol. The van der Waals surface area contributed by atoms with Gasteiger partial charge in [0.1, 0.15) is 6.73 Å². The van der Waals surface area contributed by atoms with Crippen LogP contribution in [0.3, 0.4) is 0 Å². The molecule has 1 unspecified atom stereocenters. The molecule has 3 rings (SSSR count). The first-order chi connectivity index (χ1) is 13.8. The Balaban J connectivity index is 1.92. The van der Waals surface area contributed by atoms with Crippen molar-refractivity contribution in [1.82, 2.24) is 4.90 Å². The van der Waals surface area contributed by atoms with E-state index < -0.39 is 12.7 Å². The molecular weight excluding hydrogens is 444 g/mol. The van der Waals surface area contributed by atoms with Crippen molar-refractivity contribution in [1.29, 1.82) is 0 Å². The zero-order valence-electron chi connectivity index (χ0n) is 17.2. The molecule has 1 fully saturated rings. The average Bonchev–Trinajstić information content (AvgIpc) is 2.94. The molecule has 0 saturated heterocycles. The second kappa shape index (κ2) is 9.27. The number of methoxy groups -OCH3 is 1. The Hall–Kier alpha value is -1.25. The molecule has 2 aliphatic rings. The Bertz CT molecular complexity index is 737. The van der Waals surface area contributed by atoms with Crippen LogP contribution in [-0.2, 0) is 15.9 Å². The van der Waals surface area contributed by atoms with Crippen molar-refractivity contribution in [3.63, 3.8) is 0 Å². The highest BCUT2D eigenvalue weighted by molar-refractivity contribution is 9.10. The zero-order chi connectivity index (χ0) is 21.2. The van der Waals surface area contributed by atoms with E-state index in [0.717, 1.165) is 29.3 Å². The van der Waals surface area contributed by atoms with Gasteiger partial charge in [0.2, 0.25) is 0 Å². The lowest BCUT2D eigenvalue weighted by Gasteiger charge is -2.40. The molecule has 0 aliphatic heterocycles. The fraction of sp³-hybridized carbons (Fsp3) is 0.667. The fourth-order valence-electron chi connectivity index (χ4n) is 4.72. The highest BCUT2D eigenvalue weighted by Gasteiger charge is 2.48. The first-order valence-corrected chi connectivity index (χ1v) is 10.9. The summed E-state index contributed by atoms with van der Waals surface area (Å²) in [5.41, 5.74) is 8.72. The Morgan fingerprint density at radius 1 is 1.34 bits per heavy atom. The van der Waals surface area contributed by atoms with E-state index in [1.54, 1.807) is 7.11 Å². The van der Waals surface area contributed by atoms with E-state index >= 15 is 0 Å². The summed E-state index contributed by atoms with van der Waals surface area (Å²) in [7, 11) is 1.64. The number of aliphatic imine (C=N–C) groups is 1. The monoisotopic (exact) mass is 473 g/mol. The molecule has 2 N–H and O–H groups in total. The van der Waals surface area contributed by atoms with Crippen molar-refractivity contribution in [2.24, 2.45) is 16.1 Å². The minimum Gasteiger partial charge on any atom is -0.370 e. The van der Waals surface area contributed by atoms with Gasteiger partial charge in [0.05, 0.1) is 12.1 Å². The standard InChI is InChI=1S/C21H30BrF2N3O2/c1-13(2)27(12-28-3)20(25)26-18-17-10-15(22)5-4-14(17)11-21(18)8-6-16(7-9-21)29-19(23)24/h4-5,10,13,16,18-19H,6-9,11-12H2,1-3H3,(H2,25,26)/t16-,18?,21-. The highest BCUT2D eigenvalue weighted by Crippen LogP contribution is 2.56. The van der Waals surface area contributed by atoms with Crippen LogP contribution in [0.2, 0.25) is 0 Å². The van der Waals surface area contributed by atoms with Gasteiger partial charge in [-0.15, -0.1) is 0 Å². The summed E-state index contributed by atoms with van der Waals surface area (Å²) >= 11 is 3.57. The maximum absolute atomic E-state index is 12.7. The molecule has 0 amide bonds. The lowest BCUT2D eigenvalue weighted by molar-refractivity contribution is -0.175. The summed E-state index contributed by atoms with van der Waals surface area (Å²) in [5.74, 6) is 0.449. The van der Waals surface area contributed by atoms with Crippen LogP contribution < -0.4 is 5.73 Å². The number of rotatable bonds is 6. The van der Waals surface area contributed by atoms with Gasteiger partial charge in [-0.25, -0.2) is 4.99 Å². The summed E-state index contributed by atoms with van der Waals surface area (Å²) in [4.78, 5) is 6.92. The van der Waals surface area contributed by atoms with Gasteiger partial charge in [0.15, 0.2) is 5.96 Å². The molecule has 162 valence electrons. The number of nitrogens with zero attached hydrogens (tertiary/aromatic N) is 2. The SMILES string of the molecule is COCN(/C(N)=N\C1c2cc(Br)ccc2C[C@]12CC[C@@H](OC(F)F)CC2)C(C)C. The number of ether oxygens (including phenoxy) is 2. The maximum atomic E-state index is 12.7. The van der Waals surface area contributed by atoms with Crippen molar-refractivity contribution >= 4 is 21.9 Å². The number of nitrogens with two attached hydrogens (primary N) is 1. The molecule has 2 aliphatic carbocycles. The molecule has 1 aromatic carbocycles. The Kier molecular flexibility index (Phi) is 7.17.